The Kier molecular flexibility index (Phi) is 5.17. The number of nitrogens with one attached hydrogen (secondary N) is 1. The molecule has 7 nitrogen and oxygen atoms in total. The van der Waals surface area contributed by atoms with Crippen LogP contribution in [0.4, 0.5) is 4.79 Å². The van der Waals surface area contributed by atoms with Crippen LogP contribution >= 0.6 is 0 Å². The fraction of sp³-hybridized carbons (Fsp3) is 0.800. The zero-order valence-corrected chi connectivity index (χ0v) is 9.76. The van der Waals surface area contributed by atoms with E-state index in [4.69, 9.17) is 10.2 Å². The van der Waals surface area contributed by atoms with Crippen LogP contribution in [0.3, 0.4) is 0 Å². The van der Waals surface area contributed by atoms with Gasteiger partial charge in [-0.05, 0) is 6.42 Å². The molecule has 7 heteroatoms. The van der Waals surface area contributed by atoms with Gasteiger partial charge in [-0.1, -0.05) is 0 Å². The lowest BCUT2D eigenvalue weighted by molar-refractivity contribution is -0.144. The number of alkyl carbamates (subject to hydrolysis) is 1. The number of likely N-dealkylation sites (tertiary alicyclic amines) is 1. The largest absolute Gasteiger partial charge is 0.481 e. The number of carboxylic acid groups (broad SMARTS) is 1. The van der Waals surface area contributed by atoms with Crippen molar-refractivity contribution in [1.29, 1.82) is 0 Å². The molecule has 1 heterocycles. The van der Waals surface area contributed by atoms with Crippen molar-refractivity contribution < 1.29 is 24.5 Å². The Balaban J connectivity index is 2.58. The van der Waals surface area contributed by atoms with Crippen LogP contribution in [0.25, 0.3) is 0 Å². The molecular formula is C10H18N2O5. The maximum Gasteiger partial charge on any atom is 0.407 e. The number of ether oxygens (including phenoxy) is 1. The monoisotopic (exact) mass is 246 g/mol. The van der Waals surface area contributed by atoms with E-state index in [0.29, 0.717) is 26.1 Å². The van der Waals surface area contributed by atoms with Crippen LogP contribution in [0.5, 0.6) is 0 Å². The molecule has 0 bridgehead atoms. The molecular weight excluding hydrogens is 228 g/mol. The molecule has 1 amide bonds. The van der Waals surface area contributed by atoms with E-state index < -0.39 is 18.0 Å². The fourth-order valence-electron chi connectivity index (χ4n) is 2.02. The van der Waals surface area contributed by atoms with Crippen LogP contribution in [0.2, 0.25) is 0 Å². The van der Waals surface area contributed by atoms with Crippen molar-refractivity contribution in [1.82, 2.24) is 10.2 Å². The molecule has 3 N–H and O–H groups in total. The highest BCUT2D eigenvalue weighted by atomic mass is 16.5. The van der Waals surface area contributed by atoms with Gasteiger partial charge in [-0.2, -0.15) is 0 Å². The van der Waals surface area contributed by atoms with Crippen molar-refractivity contribution in [2.75, 3.05) is 33.4 Å². The van der Waals surface area contributed by atoms with Crippen molar-refractivity contribution in [2.45, 2.75) is 12.5 Å². The van der Waals surface area contributed by atoms with Gasteiger partial charge in [-0.25, -0.2) is 4.79 Å². The number of aliphatic carboxylic acids is 1. The number of piperidine rings is 1. The van der Waals surface area contributed by atoms with Gasteiger partial charge in [0.05, 0.1) is 19.6 Å². The highest BCUT2D eigenvalue weighted by molar-refractivity contribution is 5.71. The Morgan fingerprint density at radius 1 is 1.47 bits per heavy atom. The van der Waals surface area contributed by atoms with Crippen LogP contribution in [-0.4, -0.2) is 66.6 Å². The Morgan fingerprint density at radius 3 is 2.71 bits per heavy atom. The van der Waals surface area contributed by atoms with Crippen molar-refractivity contribution in [3.8, 4) is 0 Å². The number of rotatable bonds is 4. The van der Waals surface area contributed by atoms with Gasteiger partial charge in [0.1, 0.15) is 0 Å². The fourth-order valence-corrected chi connectivity index (χ4v) is 2.02. The number of β-amino-alcohol motifs (C(OH)–C–C–N with tert-alkyl or cyclic N) is 1. The second-order valence-electron chi connectivity index (χ2n) is 4.09. The van der Waals surface area contributed by atoms with E-state index in [1.807, 2.05) is 4.90 Å². The molecule has 0 spiro atoms. The number of hydrogen-bond acceptors (Lipinski definition) is 5. The first-order valence-corrected chi connectivity index (χ1v) is 5.47. The lowest BCUT2D eigenvalue weighted by atomic mass is 9.94. The molecule has 17 heavy (non-hydrogen) atoms. The molecule has 98 valence electrons. The molecule has 2 unspecified atom stereocenters. The van der Waals surface area contributed by atoms with Crippen LogP contribution in [-0.2, 0) is 9.53 Å². The third kappa shape index (κ3) is 4.20. The molecule has 1 fully saturated rings. The molecule has 1 saturated heterocycles. The van der Waals surface area contributed by atoms with Gasteiger partial charge in [0.2, 0.25) is 0 Å². The van der Waals surface area contributed by atoms with Crippen LogP contribution in [0, 0.1) is 5.92 Å². The first-order valence-electron chi connectivity index (χ1n) is 5.47. The number of methoxy groups -OCH3 is 1. The topological polar surface area (TPSA) is 99.1 Å². The minimum Gasteiger partial charge on any atom is -0.481 e. The molecule has 0 aromatic heterocycles. The Bertz CT molecular complexity index is 284. The third-order valence-electron chi connectivity index (χ3n) is 2.80. The zero-order valence-electron chi connectivity index (χ0n) is 9.76. The van der Waals surface area contributed by atoms with Gasteiger partial charge in [0, 0.05) is 25.7 Å². The average Bonchev–Trinajstić information content (AvgIpc) is 2.29. The summed E-state index contributed by atoms with van der Waals surface area (Å²) in [6.45, 7) is 1.30. The SMILES string of the molecule is COC(=O)NC1CC(C(=O)O)CN(CCO)C1. The molecule has 0 radical (unpaired) electrons. The van der Waals surface area contributed by atoms with Crippen LogP contribution < -0.4 is 5.32 Å². The first kappa shape index (κ1) is 13.7. The van der Waals surface area contributed by atoms with E-state index >= 15 is 0 Å². The van der Waals surface area contributed by atoms with Gasteiger partial charge >= 0.3 is 12.1 Å². The molecule has 0 saturated carbocycles. The van der Waals surface area contributed by atoms with Crippen LogP contribution in [0.15, 0.2) is 0 Å². The van der Waals surface area contributed by atoms with E-state index in [9.17, 15) is 9.59 Å². The molecule has 1 rings (SSSR count). The number of carbonyl (C=O) groups excluding carboxylic acids is 1. The number of carbonyl (C=O) groups is 2. The number of amides is 1. The van der Waals surface area contributed by atoms with E-state index in [-0.39, 0.29) is 12.6 Å². The van der Waals surface area contributed by atoms with Crippen molar-refractivity contribution in [3.63, 3.8) is 0 Å². The second-order valence-corrected chi connectivity index (χ2v) is 4.09. The number of aliphatic hydroxyl groups is 1. The van der Waals surface area contributed by atoms with E-state index in [1.54, 1.807) is 0 Å². The summed E-state index contributed by atoms with van der Waals surface area (Å²) in [4.78, 5) is 23.9. The molecule has 1 aliphatic rings. The van der Waals surface area contributed by atoms with Crippen molar-refractivity contribution >= 4 is 12.1 Å². The molecule has 0 aromatic rings. The maximum atomic E-state index is 11.1. The van der Waals surface area contributed by atoms with Gasteiger partial charge in [0.15, 0.2) is 0 Å². The minimum absolute atomic E-state index is 0.0305. The second kappa shape index (κ2) is 6.41. The summed E-state index contributed by atoms with van der Waals surface area (Å²) in [6, 6.07) is -0.260. The smallest absolute Gasteiger partial charge is 0.407 e. The summed E-state index contributed by atoms with van der Waals surface area (Å²) < 4.78 is 4.48. The van der Waals surface area contributed by atoms with E-state index in [0.717, 1.165) is 0 Å². The molecule has 1 aliphatic heterocycles. The van der Waals surface area contributed by atoms with Gasteiger partial charge in [0.25, 0.3) is 0 Å². The molecule has 0 aliphatic carbocycles. The Labute approximate surface area is 99.4 Å². The first-order chi connectivity index (χ1) is 8.06. The summed E-state index contributed by atoms with van der Waals surface area (Å²) in [5.74, 6) is -1.42. The standard InChI is InChI=1S/C10H18N2O5/c1-17-10(16)11-8-4-7(9(14)15)5-12(6-8)2-3-13/h7-8,13H,2-6H2,1H3,(H,11,16)(H,14,15). The predicted molar refractivity (Wildman–Crippen MR) is 58.6 cm³/mol. The van der Waals surface area contributed by atoms with Gasteiger partial charge in [-0.15, -0.1) is 0 Å². The number of carboxylic acids is 1. The quantitative estimate of drug-likeness (QED) is 0.595. The molecule has 2 atom stereocenters. The van der Waals surface area contributed by atoms with Crippen molar-refractivity contribution in [3.05, 3.63) is 0 Å². The highest BCUT2D eigenvalue weighted by Gasteiger charge is 2.32. The zero-order chi connectivity index (χ0) is 12.8. The minimum atomic E-state index is -0.885. The highest BCUT2D eigenvalue weighted by Crippen LogP contribution is 2.17. The van der Waals surface area contributed by atoms with Gasteiger partial charge in [-0.3, -0.25) is 9.69 Å². The van der Waals surface area contributed by atoms with Crippen LogP contribution in [0.1, 0.15) is 6.42 Å². The summed E-state index contributed by atoms with van der Waals surface area (Å²) in [6.07, 6.45) is -0.184. The maximum absolute atomic E-state index is 11.1. The number of aliphatic hydroxyl groups excluding tert-OH is 1. The Hall–Kier alpha value is -1.34. The number of nitrogens with zero attached hydrogens (tertiary/aromatic N) is 1. The summed E-state index contributed by atoms with van der Waals surface area (Å²) >= 11 is 0. The van der Waals surface area contributed by atoms with E-state index in [1.165, 1.54) is 7.11 Å². The molecule has 0 aromatic carbocycles. The Morgan fingerprint density at radius 2 is 2.18 bits per heavy atom. The lowest BCUT2D eigenvalue weighted by Crippen LogP contribution is -2.52. The number of hydrogen-bond donors (Lipinski definition) is 3. The van der Waals surface area contributed by atoms with Crippen molar-refractivity contribution in [2.24, 2.45) is 5.92 Å². The van der Waals surface area contributed by atoms with E-state index in [2.05, 4.69) is 10.1 Å². The third-order valence-corrected chi connectivity index (χ3v) is 2.80. The summed E-state index contributed by atoms with van der Waals surface area (Å²) in [7, 11) is 1.26. The predicted octanol–water partition coefficient (Wildman–Crippen LogP) is -0.890. The summed E-state index contributed by atoms with van der Waals surface area (Å²) in [5, 5.41) is 20.5. The average molecular weight is 246 g/mol. The lowest BCUT2D eigenvalue weighted by Gasteiger charge is -2.35. The van der Waals surface area contributed by atoms with Gasteiger partial charge < -0.3 is 20.3 Å². The normalized spacial score (nSPS) is 25.3. The summed E-state index contributed by atoms with van der Waals surface area (Å²) in [5.41, 5.74) is 0.